The van der Waals surface area contributed by atoms with E-state index in [1.54, 1.807) is 12.2 Å². The van der Waals surface area contributed by atoms with Gasteiger partial charge in [-0.25, -0.2) is 4.98 Å². The Labute approximate surface area is 169 Å². The Bertz CT molecular complexity index is 983. The summed E-state index contributed by atoms with van der Waals surface area (Å²) >= 11 is 6.24. The summed E-state index contributed by atoms with van der Waals surface area (Å²) < 4.78 is 1.89. The third kappa shape index (κ3) is 4.26. The Balaban J connectivity index is 1.39. The highest BCUT2D eigenvalue weighted by Crippen LogP contribution is 2.19. The SMILES string of the molecule is O=C(/C=C/c1c(Cl)nc2ccccn12)N1CCCN(Cc2ccccc2)CC1. The summed E-state index contributed by atoms with van der Waals surface area (Å²) in [7, 11) is 0. The Morgan fingerprint density at radius 1 is 1.04 bits per heavy atom. The van der Waals surface area contributed by atoms with Crippen molar-refractivity contribution in [2.75, 3.05) is 26.2 Å². The van der Waals surface area contributed by atoms with Crippen molar-refractivity contribution in [3.05, 3.63) is 77.2 Å². The molecule has 3 heterocycles. The van der Waals surface area contributed by atoms with Crippen molar-refractivity contribution in [3.63, 3.8) is 0 Å². The Morgan fingerprint density at radius 3 is 2.71 bits per heavy atom. The molecule has 2 aromatic heterocycles. The van der Waals surface area contributed by atoms with E-state index in [0.29, 0.717) is 5.15 Å². The maximum absolute atomic E-state index is 12.7. The minimum absolute atomic E-state index is 0.0171. The van der Waals surface area contributed by atoms with Crippen molar-refractivity contribution in [3.8, 4) is 0 Å². The van der Waals surface area contributed by atoms with Crippen molar-refractivity contribution in [2.45, 2.75) is 13.0 Å². The zero-order valence-corrected chi connectivity index (χ0v) is 16.4. The molecular weight excluding hydrogens is 372 g/mol. The van der Waals surface area contributed by atoms with Gasteiger partial charge in [0.15, 0.2) is 5.15 Å². The number of carbonyl (C=O) groups is 1. The summed E-state index contributed by atoms with van der Waals surface area (Å²) in [5.41, 5.74) is 2.81. The Hall–Kier alpha value is -2.63. The minimum Gasteiger partial charge on any atom is -0.338 e. The fourth-order valence-electron chi connectivity index (χ4n) is 3.58. The molecule has 5 nitrogen and oxygen atoms in total. The molecule has 3 aromatic rings. The first kappa shape index (κ1) is 18.7. The number of imidazole rings is 1. The summed E-state index contributed by atoms with van der Waals surface area (Å²) in [6.45, 7) is 4.31. The van der Waals surface area contributed by atoms with Gasteiger partial charge in [0.2, 0.25) is 5.91 Å². The highest BCUT2D eigenvalue weighted by Gasteiger charge is 2.18. The van der Waals surface area contributed by atoms with Gasteiger partial charge in [-0.15, -0.1) is 0 Å². The topological polar surface area (TPSA) is 40.9 Å². The average Bonchev–Trinajstić information content (AvgIpc) is 2.87. The third-order valence-corrected chi connectivity index (χ3v) is 5.33. The molecule has 6 heteroatoms. The number of nitrogens with zero attached hydrogens (tertiary/aromatic N) is 4. The second-order valence-electron chi connectivity index (χ2n) is 6.99. The maximum atomic E-state index is 12.7. The van der Waals surface area contributed by atoms with Gasteiger partial charge >= 0.3 is 0 Å². The summed E-state index contributed by atoms with van der Waals surface area (Å²) in [5.74, 6) is 0.0171. The molecule has 1 aliphatic rings. The number of hydrogen-bond acceptors (Lipinski definition) is 3. The normalized spacial score (nSPS) is 16.0. The van der Waals surface area contributed by atoms with Crippen molar-refractivity contribution in [1.82, 2.24) is 19.2 Å². The van der Waals surface area contributed by atoms with Crippen LogP contribution in [0.5, 0.6) is 0 Å². The number of fused-ring (bicyclic) bond motifs is 1. The van der Waals surface area contributed by atoms with E-state index >= 15 is 0 Å². The molecule has 28 heavy (non-hydrogen) atoms. The molecule has 0 unspecified atom stereocenters. The summed E-state index contributed by atoms with van der Waals surface area (Å²) in [6, 6.07) is 16.2. The van der Waals surface area contributed by atoms with Crippen LogP contribution in [0.1, 0.15) is 17.7 Å². The van der Waals surface area contributed by atoms with E-state index in [-0.39, 0.29) is 5.91 Å². The second-order valence-corrected chi connectivity index (χ2v) is 7.35. The van der Waals surface area contributed by atoms with Gasteiger partial charge < -0.3 is 4.90 Å². The van der Waals surface area contributed by atoms with E-state index in [0.717, 1.165) is 50.5 Å². The van der Waals surface area contributed by atoms with Crippen LogP contribution in [0.15, 0.2) is 60.8 Å². The van der Waals surface area contributed by atoms with Crippen LogP contribution in [0, 0.1) is 0 Å². The first-order chi connectivity index (χ1) is 13.7. The molecule has 4 rings (SSSR count). The molecule has 0 N–H and O–H groups in total. The van der Waals surface area contributed by atoms with Crippen LogP contribution in [0.2, 0.25) is 5.15 Å². The van der Waals surface area contributed by atoms with Gasteiger partial charge in [-0.3, -0.25) is 14.1 Å². The van der Waals surface area contributed by atoms with Crippen molar-refractivity contribution >= 4 is 29.2 Å². The molecule has 1 aromatic carbocycles. The molecule has 1 aliphatic heterocycles. The first-order valence-corrected chi connectivity index (χ1v) is 9.94. The van der Waals surface area contributed by atoms with E-state index < -0.39 is 0 Å². The second kappa shape index (κ2) is 8.59. The van der Waals surface area contributed by atoms with Gasteiger partial charge in [0, 0.05) is 45.0 Å². The van der Waals surface area contributed by atoms with Crippen LogP contribution in [0.4, 0.5) is 0 Å². The van der Waals surface area contributed by atoms with Crippen LogP contribution in [-0.4, -0.2) is 51.3 Å². The van der Waals surface area contributed by atoms with E-state index in [4.69, 9.17) is 11.6 Å². The van der Waals surface area contributed by atoms with Gasteiger partial charge in [0.1, 0.15) is 5.65 Å². The standard InChI is InChI=1S/C22H23ClN4O/c23-22-19(27-14-5-4-9-20(27)24-22)10-11-21(28)26-13-6-12-25(15-16-26)17-18-7-2-1-3-8-18/h1-5,7-11,14H,6,12-13,15-17H2/b11-10+. The van der Waals surface area contributed by atoms with E-state index in [2.05, 4.69) is 34.1 Å². The van der Waals surface area contributed by atoms with E-state index in [1.165, 1.54) is 5.56 Å². The monoisotopic (exact) mass is 394 g/mol. The third-order valence-electron chi connectivity index (χ3n) is 5.05. The number of benzene rings is 1. The van der Waals surface area contributed by atoms with Crippen molar-refractivity contribution in [2.24, 2.45) is 0 Å². The van der Waals surface area contributed by atoms with Crippen LogP contribution < -0.4 is 0 Å². The van der Waals surface area contributed by atoms with Crippen LogP contribution in [0.25, 0.3) is 11.7 Å². The van der Waals surface area contributed by atoms with Gasteiger partial charge in [-0.1, -0.05) is 48.0 Å². The van der Waals surface area contributed by atoms with Crippen molar-refractivity contribution < 1.29 is 4.79 Å². The molecule has 1 amide bonds. The fourth-order valence-corrected chi connectivity index (χ4v) is 3.82. The number of carbonyl (C=O) groups excluding carboxylic acids is 1. The number of halogens is 1. The number of hydrogen-bond donors (Lipinski definition) is 0. The smallest absolute Gasteiger partial charge is 0.246 e. The molecule has 144 valence electrons. The van der Waals surface area contributed by atoms with Gasteiger partial charge in [0.05, 0.1) is 5.69 Å². The molecule has 1 fully saturated rings. The highest BCUT2D eigenvalue weighted by atomic mass is 35.5. The number of rotatable bonds is 4. The van der Waals surface area contributed by atoms with Crippen LogP contribution in [0.3, 0.4) is 0 Å². The summed E-state index contributed by atoms with van der Waals surface area (Å²) in [6.07, 6.45) is 6.24. The van der Waals surface area contributed by atoms with E-state index in [9.17, 15) is 4.79 Å². The largest absolute Gasteiger partial charge is 0.338 e. The molecule has 0 atom stereocenters. The average molecular weight is 395 g/mol. The zero-order chi connectivity index (χ0) is 19.3. The zero-order valence-electron chi connectivity index (χ0n) is 15.7. The van der Waals surface area contributed by atoms with E-state index in [1.807, 2.05) is 39.8 Å². The fraction of sp³-hybridized carbons (Fsp3) is 0.273. The molecule has 0 saturated carbocycles. The predicted octanol–water partition coefficient (Wildman–Crippen LogP) is 3.74. The molecule has 0 aliphatic carbocycles. The quantitative estimate of drug-likeness (QED) is 0.633. The van der Waals surface area contributed by atoms with Gasteiger partial charge in [0.25, 0.3) is 0 Å². The lowest BCUT2D eigenvalue weighted by molar-refractivity contribution is -0.125. The lowest BCUT2D eigenvalue weighted by Crippen LogP contribution is -2.34. The number of aromatic nitrogens is 2. The Kier molecular flexibility index (Phi) is 5.74. The molecule has 1 saturated heterocycles. The summed E-state index contributed by atoms with van der Waals surface area (Å²) in [4.78, 5) is 21.3. The summed E-state index contributed by atoms with van der Waals surface area (Å²) in [5, 5.41) is 0.403. The highest BCUT2D eigenvalue weighted by molar-refractivity contribution is 6.31. The number of amides is 1. The maximum Gasteiger partial charge on any atom is 0.246 e. The number of pyridine rings is 1. The van der Waals surface area contributed by atoms with Crippen molar-refractivity contribution in [1.29, 1.82) is 0 Å². The lowest BCUT2D eigenvalue weighted by Gasteiger charge is -2.21. The van der Waals surface area contributed by atoms with Gasteiger partial charge in [-0.2, -0.15) is 0 Å². The predicted molar refractivity (Wildman–Crippen MR) is 112 cm³/mol. The first-order valence-electron chi connectivity index (χ1n) is 9.56. The van der Waals surface area contributed by atoms with Gasteiger partial charge in [-0.05, 0) is 30.2 Å². The van der Waals surface area contributed by atoms with Crippen LogP contribution in [-0.2, 0) is 11.3 Å². The minimum atomic E-state index is 0.0171. The lowest BCUT2D eigenvalue weighted by atomic mass is 10.2. The molecular formula is C22H23ClN4O. The Morgan fingerprint density at radius 2 is 1.86 bits per heavy atom. The molecule has 0 spiro atoms. The molecule has 0 bridgehead atoms. The van der Waals surface area contributed by atoms with Crippen LogP contribution >= 0.6 is 11.6 Å². The molecule has 0 radical (unpaired) electrons.